The first kappa shape index (κ1) is 20.2. The predicted molar refractivity (Wildman–Crippen MR) is 111 cm³/mol. The second kappa shape index (κ2) is 10.1. The number of benzene rings is 2. The van der Waals surface area contributed by atoms with Crippen molar-refractivity contribution in [2.45, 2.75) is 39.9 Å². The Bertz CT molecular complexity index is 693. The highest BCUT2D eigenvalue weighted by atomic mass is 35.5. The molecule has 2 nitrogen and oxygen atoms in total. The van der Waals surface area contributed by atoms with Gasteiger partial charge in [0.05, 0.1) is 0 Å². The van der Waals surface area contributed by atoms with Crippen molar-refractivity contribution < 1.29 is 4.65 Å². The monoisotopic (exact) mass is 377 g/mol. The van der Waals surface area contributed by atoms with Crippen LogP contribution in [0.15, 0.2) is 36.4 Å². The van der Waals surface area contributed by atoms with Crippen LogP contribution < -0.4 is 15.4 Å². The fourth-order valence-corrected chi connectivity index (χ4v) is 3.09. The third-order valence-corrected chi connectivity index (χ3v) is 4.77. The van der Waals surface area contributed by atoms with E-state index in [1.165, 1.54) is 18.4 Å². The van der Waals surface area contributed by atoms with Gasteiger partial charge in [-0.3, -0.25) is 0 Å². The van der Waals surface area contributed by atoms with Gasteiger partial charge in [-0.25, -0.2) is 0 Å². The van der Waals surface area contributed by atoms with Gasteiger partial charge in [-0.2, -0.15) is 0 Å². The zero-order chi connectivity index (χ0) is 18.2. The van der Waals surface area contributed by atoms with Crippen LogP contribution >= 0.6 is 23.2 Å². The van der Waals surface area contributed by atoms with Crippen LogP contribution in [-0.4, -0.2) is 20.0 Å². The summed E-state index contributed by atoms with van der Waals surface area (Å²) >= 11 is 12.4. The molecule has 0 aliphatic carbocycles. The zero-order valence-electron chi connectivity index (χ0n) is 15.2. The van der Waals surface area contributed by atoms with E-state index in [0.29, 0.717) is 5.02 Å². The van der Waals surface area contributed by atoms with Gasteiger partial charge < -0.3 is 9.97 Å². The Hall–Kier alpha value is -1.16. The summed E-state index contributed by atoms with van der Waals surface area (Å²) < 4.78 is 6.37. The SMILES string of the molecule is CCCCNCCB(Oc1cc(Cl)ccc1C)c1cc(Cl)ccc1C. The normalized spacial score (nSPS) is 10.8. The summed E-state index contributed by atoms with van der Waals surface area (Å²) in [7, 11) is 0. The van der Waals surface area contributed by atoms with Gasteiger partial charge in [0.15, 0.2) is 0 Å². The molecule has 0 heterocycles. The van der Waals surface area contributed by atoms with Gasteiger partial charge in [0.25, 0.3) is 0 Å². The number of unbranched alkanes of at least 4 members (excludes halogenated alkanes) is 1. The van der Waals surface area contributed by atoms with Crippen molar-refractivity contribution in [2.75, 3.05) is 13.1 Å². The first-order valence-electron chi connectivity index (χ1n) is 8.90. The van der Waals surface area contributed by atoms with Gasteiger partial charge in [0.2, 0.25) is 0 Å². The average Bonchev–Trinajstić information content (AvgIpc) is 2.59. The second-order valence-corrected chi connectivity index (χ2v) is 7.28. The molecule has 0 aliphatic rings. The fraction of sp³-hybridized carbons (Fsp3) is 0.400. The molecule has 2 rings (SSSR count). The average molecular weight is 378 g/mol. The first-order valence-corrected chi connectivity index (χ1v) is 9.66. The minimum atomic E-state index is -0.0648. The molecule has 134 valence electrons. The van der Waals surface area contributed by atoms with E-state index in [-0.39, 0.29) is 6.92 Å². The van der Waals surface area contributed by atoms with Crippen molar-refractivity contribution in [3.05, 3.63) is 57.6 Å². The molecular weight excluding hydrogens is 352 g/mol. The minimum Gasteiger partial charge on any atom is -0.555 e. The van der Waals surface area contributed by atoms with Gasteiger partial charge in [0.1, 0.15) is 5.75 Å². The Labute approximate surface area is 162 Å². The lowest BCUT2D eigenvalue weighted by molar-refractivity contribution is 0.564. The van der Waals surface area contributed by atoms with Gasteiger partial charge in [-0.15, -0.1) is 0 Å². The highest BCUT2D eigenvalue weighted by molar-refractivity contribution is 6.68. The zero-order valence-corrected chi connectivity index (χ0v) is 16.8. The summed E-state index contributed by atoms with van der Waals surface area (Å²) in [5.74, 6) is 0.824. The van der Waals surface area contributed by atoms with Gasteiger partial charge in [-0.05, 0) is 75.0 Å². The number of halogens is 2. The van der Waals surface area contributed by atoms with Crippen molar-refractivity contribution >= 4 is 35.6 Å². The number of hydrogen-bond acceptors (Lipinski definition) is 2. The molecule has 0 amide bonds. The van der Waals surface area contributed by atoms with Gasteiger partial charge in [-0.1, -0.05) is 54.2 Å². The summed E-state index contributed by atoms with van der Waals surface area (Å²) in [6.45, 7) is 8.20. The molecule has 5 heteroatoms. The standard InChI is InChI=1S/C20H26BCl2NO/c1-4-5-11-24-12-10-21(19-13-17(22)8-6-15(19)2)25-20-14-18(23)9-7-16(20)3/h6-9,13-14,24H,4-5,10-12H2,1-3H3. The Morgan fingerprint density at radius 3 is 2.36 bits per heavy atom. The Balaban J connectivity index is 2.19. The summed E-state index contributed by atoms with van der Waals surface area (Å²) in [5.41, 5.74) is 3.39. The first-order chi connectivity index (χ1) is 12.0. The second-order valence-electron chi connectivity index (χ2n) is 6.41. The molecule has 0 unspecified atom stereocenters. The smallest absolute Gasteiger partial charge is 0.393 e. The van der Waals surface area contributed by atoms with E-state index in [1.54, 1.807) is 0 Å². The van der Waals surface area contributed by atoms with Crippen LogP contribution in [0.3, 0.4) is 0 Å². The number of hydrogen-bond donors (Lipinski definition) is 1. The number of rotatable bonds is 9. The molecule has 1 N–H and O–H groups in total. The minimum absolute atomic E-state index is 0.0648. The molecule has 0 spiro atoms. The quantitative estimate of drug-likeness (QED) is 0.474. The van der Waals surface area contributed by atoms with Gasteiger partial charge >= 0.3 is 6.92 Å². The van der Waals surface area contributed by atoms with E-state index < -0.39 is 0 Å². The molecule has 0 atom stereocenters. The van der Waals surface area contributed by atoms with Crippen LogP contribution in [0.2, 0.25) is 16.4 Å². The van der Waals surface area contributed by atoms with Crippen molar-refractivity contribution in [1.82, 2.24) is 5.32 Å². The fourth-order valence-electron chi connectivity index (χ4n) is 2.75. The molecule has 0 saturated heterocycles. The van der Waals surface area contributed by atoms with Crippen molar-refractivity contribution in [3.8, 4) is 5.75 Å². The van der Waals surface area contributed by atoms with E-state index in [4.69, 9.17) is 27.9 Å². The molecular formula is C20H26BCl2NO. The van der Waals surface area contributed by atoms with E-state index in [2.05, 4.69) is 19.2 Å². The Morgan fingerprint density at radius 2 is 1.64 bits per heavy atom. The number of nitrogens with one attached hydrogen (secondary N) is 1. The van der Waals surface area contributed by atoms with Crippen LogP contribution in [0.4, 0.5) is 0 Å². The molecule has 2 aromatic carbocycles. The van der Waals surface area contributed by atoms with Crippen LogP contribution in [0.1, 0.15) is 30.9 Å². The van der Waals surface area contributed by atoms with E-state index >= 15 is 0 Å². The molecule has 0 aliphatic heterocycles. The lowest BCUT2D eigenvalue weighted by atomic mass is 9.56. The van der Waals surface area contributed by atoms with Crippen molar-refractivity contribution in [2.24, 2.45) is 0 Å². The number of aryl methyl sites for hydroxylation is 2. The van der Waals surface area contributed by atoms with Crippen LogP contribution in [0, 0.1) is 13.8 Å². The third-order valence-electron chi connectivity index (χ3n) is 4.30. The predicted octanol–water partition coefficient (Wildman–Crippen LogP) is 5.28. The van der Waals surface area contributed by atoms with Crippen LogP contribution in [0.5, 0.6) is 5.75 Å². The van der Waals surface area contributed by atoms with Crippen molar-refractivity contribution in [1.29, 1.82) is 0 Å². The molecule has 0 aromatic heterocycles. The van der Waals surface area contributed by atoms with Crippen molar-refractivity contribution in [3.63, 3.8) is 0 Å². The lowest BCUT2D eigenvalue weighted by Crippen LogP contribution is -2.40. The topological polar surface area (TPSA) is 21.3 Å². The summed E-state index contributed by atoms with van der Waals surface area (Å²) in [6.07, 6.45) is 3.26. The highest BCUT2D eigenvalue weighted by Gasteiger charge is 2.23. The molecule has 25 heavy (non-hydrogen) atoms. The summed E-state index contributed by atoms with van der Waals surface area (Å²) in [6, 6.07) is 11.7. The maximum Gasteiger partial charge on any atom is 0.393 e. The van der Waals surface area contributed by atoms with Gasteiger partial charge in [0, 0.05) is 10.0 Å². The van der Waals surface area contributed by atoms with E-state index in [1.807, 2.05) is 43.3 Å². The molecule has 2 aromatic rings. The lowest BCUT2D eigenvalue weighted by Gasteiger charge is -2.20. The molecule has 0 bridgehead atoms. The summed E-state index contributed by atoms with van der Waals surface area (Å²) in [4.78, 5) is 0. The van der Waals surface area contributed by atoms with E-state index in [9.17, 15) is 0 Å². The maximum absolute atomic E-state index is 6.37. The molecule has 0 saturated carbocycles. The molecule has 0 fully saturated rings. The highest BCUT2D eigenvalue weighted by Crippen LogP contribution is 2.24. The van der Waals surface area contributed by atoms with Crippen LogP contribution in [0.25, 0.3) is 0 Å². The van der Waals surface area contributed by atoms with E-state index in [0.717, 1.165) is 41.2 Å². The Morgan fingerprint density at radius 1 is 0.960 bits per heavy atom. The Kier molecular flexibility index (Phi) is 8.15. The largest absolute Gasteiger partial charge is 0.555 e. The molecule has 0 radical (unpaired) electrons. The van der Waals surface area contributed by atoms with Crippen LogP contribution in [-0.2, 0) is 0 Å². The maximum atomic E-state index is 6.37. The summed E-state index contributed by atoms with van der Waals surface area (Å²) in [5, 5.41) is 4.91. The third kappa shape index (κ3) is 6.25.